The van der Waals surface area contributed by atoms with Gasteiger partial charge in [0, 0.05) is 0 Å². The molecule has 0 amide bonds. The van der Waals surface area contributed by atoms with Crippen molar-refractivity contribution in [2.45, 2.75) is 16.3 Å². The largest absolute Gasteiger partial charge is 0.575 e. The summed E-state index contributed by atoms with van der Waals surface area (Å²) in [7, 11) is 0. The van der Waals surface area contributed by atoms with Crippen LogP contribution in [-0.2, 0) is 19.1 Å². The number of alkyl halides is 6. The molecule has 0 aliphatic heterocycles. The van der Waals surface area contributed by atoms with Gasteiger partial charge in [-0.2, -0.15) is 0 Å². The molecule has 15 heavy (non-hydrogen) atoms. The molecule has 1 unspecified atom stereocenters. The standard InChI is InChI=1S/C5H2Cl3F3O4/c6-4(7,8)2(14-1-12)3(13)15-5(9,10)11/h1-2H. The molecule has 0 rings (SSSR count). The maximum atomic E-state index is 11.6. The Morgan fingerprint density at radius 1 is 1.27 bits per heavy atom. The van der Waals surface area contributed by atoms with Gasteiger partial charge in [-0.15, -0.1) is 13.2 Å². The van der Waals surface area contributed by atoms with Gasteiger partial charge in [-0.1, -0.05) is 34.8 Å². The first-order valence-electron chi connectivity index (χ1n) is 3.03. The summed E-state index contributed by atoms with van der Waals surface area (Å²) in [5.74, 6) is -2.03. The molecule has 0 aromatic carbocycles. The summed E-state index contributed by atoms with van der Waals surface area (Å²) in [6.07, 6.45) is -7.54. The van der Waals surface area contributed by atoms with E-state index in [2.05, 4.69) is 9.47 Å². The average molecular weight is 289 g/mol. The number of rotatable bonds is 3. The topological polar surface area (TPSA) is 52.6 Å². The molecule has 10 heteroatoms. The molecule has 0 N–H and O–H groups in total. The Balaban J connectivity index is 4.65. The zero-order valence-electron chi connectivity index (χ0n) is 6.56. The SMILES string of the molecule is O=COC(C(=O)OC(F)(F)F)C(Cl)(Cl)Cl. The van der Waals surface area contributed by atoms with Crippen LogP contribution in [0.3, 0.4) is 0 Å². The monoisotopic (exact) mass is 288 g/mol. The van der Waals surface area contributed by atoms with E-state index >= 15 is 0 Å². The van der Waals surface area contributed by atoms with Crippen molar-refractivity contribution in [3.8, 4) is 0 Å². The van der Waals surface area contributed by atoms with E-state index in [0.29, 0.717) is 0 Å². The van der Waals surface area contributed by atoms with E-state index in [1.165, 1.54) is 0 Å². The molecule has 0 saturated heterocycles. The molecule has 0 radical (unpaired) electrons. The second-order valence-corrected chi connectivity index (χ2v) is 4.39. The molecule has 4 nitrogen and oxygen atoms in total. The lowest BCUT2D eigenvalue weighted by Gasteiger charge is -2.20. The van der Waals surface area contributed by atoms with Crippen LogP contribution >= 0.6 is 34.8 Å². The number of esters is 1. The van der Waals surface area contributed by atoms with Crippen LogP contribution in [-0.4, -0.2) is 28.7 Å². The van der Waals surface area contributed by atoms with Crippen LogP contribution in [0.1, 0.15) is 0 Å². The number of halogens is 6. The van der Waals surface area contributed by atoms with Crippen LogP contribution < -0.4 is 0 Å². The minimum absolute atomic E-state index is 0.343. The van der Waals surface area contributed by atoms with E-state index in [4.69, 9.17) is 34.8 Å². The molecule has 0 spiro atoms. The Morgan fingerprint density at radius 2 is 1.73 bits per heavy atom. The maximum absolute atomic E-state index is 11.6. The maximum Gasteiger partial charge on any atom is 0.575 e. The van der Waals surface area contributed by atoms with Gasteiger partial charge in [-0.25, -0.2) is 4.79 Å². The first kappa shape index (κ1) is 14.6. The highest BCUT2D eigenvalue weighted by Crippen LogP contribution is 2.33. The van der Waals surface area contributed by atoms with Crippen molar-refractivity contribution < 1.29 is 32.2 Å². The predicted octanol–water partition coefficient (Wildman–Crippen LogP) is 1.96. The summed E-state index contributed by atoms with van der Waals surface area (Å²) in [6, 6.07) is 0. The molecule has 0 fully saturated rings. The second kappa shape index (κ2) is 5.09. The van der Waals surface area contributed by atoms with Crippen LogP contribution in [0, 0.1) is 0 Å². The lowest BCUT2D eigenvalue weighted by molar-refractivity contribution is -0.309. The Morgan fingerprint density at radius 3 is 2.00 bits per heavy atom. The van der Waals surface area contributed by atoms with Gasteiger partial charge < -0.3 is 9.47 Å². The molecular weight excluding hydrogens is 287 g/mol. The Kier molecular flexibility index (Phi) is 4.95. The van der Waals surface area contributed by atoms with Crippen molar-refractivity contribution in [1.29, 1.82) is 0 Å². The number of carbonyl (C=O) groups is 2. The molecule has 88 valence electrons. The van der Waals surface area contributed by atoms with Crippen LogP contribution in [0.25, 0.3) is 0 Å². The van der Waals surface area contributed by atoms with Gasteiger partial charge in [-0.3, -0.25) is 4.79 Å². The average Bonchev–Trinajstić information content (AvgIpc) is 1.93. The molecule has 0 aromatic rings. The summed E-state index contributed by atoms with van der Waals surface area (Å²) in [6.45, 7) is -0.343. The lowest BCUT2D eigenvalue weighted by atomic mass is 10.4. The van der Waals surface area contributed by atoms with E-state index in [-0.39, 0.29) is 6.47 Å². The second-order valence-electron chi connectivity index (χ2n) is 2.02. The lowest BCUT2D eigenvalue weighted by Crippen LogP contribution is -2.40. The number of ether oxygens (including phenoxy) is 2. The number of hydrogen-bond donors (Lipinski definition) is 0. The Bertz CT molecular complexity index is 249. The summed E-state index contributed by atoms with van der Waals surface area (Å²) in [5.41, 5.74) is 0. The fraction of sp³-hybridized carbons (Fsp3) is 0.600. The van der Waals surface area contributed by atoms with Crippen molar-refractivity contribution in [3.63, 3.8) is 0 Å². The highest BCUT2D eigenvalue weighted by atomic mass is 35.6. The molecule has 0 aliphatic rings. The van der Waals surface area contributed by atoms with E-state index < -0.39 is 22.2 Å². The summed E-state index contributed by atoms with van der Waals surface area (Å²) < 4.78 is 38.9. The highest BCUT2D eigenvalue weighted by molar-refractivity contribution is 6.68. The van der Waals surface area contributed by atoms with E-state index in [9.17, 15) is 22.8 Å². The van der Waals surface area contributed by atoms with Crippen LogP contribution in [0.4, 0.5) is 13.2 Å². The van der Waals surface area contributed by atoms with Crippen LogP contribution in [0.5, 0.6) is 0 Å². The number of hydrogen-bond acceptors (Lipinski definition) is 4. The third-order valence-corrected chi connectivity index (χ3v) is 1.51. The Labute approximate surface area is 96.2 Å². The van der Waals surface area contributed by atoms with Gasteiger partial charge in [-0.05, 0) is 0 Å². The quantitative estimate of drug-likeness (QED) is 0.453. The van der Waals surface area contributed by atoms with Gasteiger partial charge >= 0.3 is 12.3 Å². The molecular formula is C5H2Cl3F3O4. The fourth-order valence-corrected chi connectivity index (χ4v) is 0.911. The molecule has 0 saturated carbocycles. The van der Waals surface area contributed by atoms with Crippen molar-refractivity contribution >= 4 is 47.2 Å². The summed E-state index contributed by atoms with van der Waals surface area (Å²) in [5, 5.41) is 0. The van der Waals surface area contributed by atoms with Crippen LogP contribution in [0.2, 0.25) is 0 Å². The Hall–Kier alpha value is -0.400. The highest BCUT2D eigenvalue weighted by Gasteiger charge is 2.46. The minimum Gasteiger partial charge on any atom is -0.448 e. The zero-order chi connectivity index (χ0) is 12.3. The smallest absolute Gasteiger partial charge is 0.448 e. The van der Waals surface area contributed by atoms with Crippen molar-refractivity contribution in [1.82, 2.24) is 0 Å². The zero-order valence-corrected chi connectivity index (χ0v) is 8.82. The van der Waals surface area contributed by atoms with E-state index in [1.807, 2.05) is 0 Å². The molecule has 0 aromatic heterocycles. The van der Waals surface area contributed by atoms with E-state index in [1.54, 1.807) is 0 Å². The predicted molar refractivity (Wildman–Crippen MR) is 43.4 cm³/mol. The van der Waals surface area contributed by atoms with Gasteiger partial charge in [0.2, 0.25) is 9.90 Å². The van der Waals surface area contributed by atoms with Gasteiger partial charge in [0.05, 0.1) is 0 Å². The molecule has 0 aliphatic carbocycles. The molecule has 0 bridgehead atoms. The summed E-state index contributed by atoms with van der Waals surface area (Å²) in [4.78, 5) is 20.6. The normalized spacial score (nSPS) is 14.3. The minimum atomic E-state index is -5.25. The fourth-order valence-electron chi connectivity index (χ4n) is 0.489. The summed E-state index contributed by atoms with van der Waals surface area (Å²) >= 11 is 15.2. The van der Waals surface area contributed by atoms with Crippen LogP contribution in [0.15, 0.2) is 0 Å². The van der Waals surface area contributed by atoms with Gasteiger partial charge in [0.1, 0.15) is 0 Å². The van der Waals surface area contributed by atoms with Crippen molar-refractivity contribution in [3.05, 3.63) is 0 Å². The first-order valence-corrected chi connectivity index (χ1v) is 4.16. The van der Waals surface area contributed by atoms with Crippen molar-refractivity contribution in [2.75, 3.05) is 0 Å². The van der Waals surface area contributed by atoms with E-state index in [0.717, 1.165) is 0 Å². The first-order chi connectivity index (χ1) is 6.58. The number of carbonyl (C=O) groups excluding carboxylic acids is 2. The van der Waals surface area contributed by atoms with Gasteiger partial charge in [0.15, 0.2) is 0 Å². The third kappa shape index (κ3) is 5.91. The third-order valence-electron chi connectivity index (χ3n) is 0.919. The molecule has 1 atom stereocenters. The van der Waals surface area contributed by atoms with Crippen molar-refractivity contribution in [2.24, 2.45) is 0 Å². The van der Waals surface area contributed by atoms with Gasteiger partial charge in [0.25, 0.3) is 6.47 Å². The molecule has 0 heterocycles.